The lowest BCUT2D eigenvalue weighted by Gasteiger charge is -1.97. The van der Waals surface area contributed by atoms with Gasteiger partial charge < -0.3 is 9.52 Å². The fourth-order valence-electron chi connectivity index (χ4n) is 1.14. The summed E-state index contributed by atoms with van der Waals surface area (Å²) in [7, 11) is 0. The van der Waals surface area contributed by atoms with Crippen LogP contribution < -0.4 is 0 Å². The summed E-state index contributed by atoms with van der Waals surface area (Å²) < 4.78 is 5.44. The average Bonchev–Trinajstić information content (AvgIpc) is 2.59. The first-order chi connectivity index (χ1) is 7.69. The van der Waals surface area contributed by atoms with Gasteiger partial charge in [0.15, 0.2) is 0 Å². The minimum absolute atomic E-state index is 0.00909. The highest BCUT2D eigenvalue weighted by atomic mass is 32.2. The van der Waals surface area contributed by atoms with Crippen molar-refractivity contribution < 1.29 is 9.52 Å². The molecule has 0 aliphatic rings. The molecule has 0 aliphatic heterocycles. The maximum Gasteiger partial charge on any atom is 0.262 e. The molecule has 0 fully saturated rings. The molecule has 0 aromatic carbocycles. The number of hydrogen-bond donors (Lipinski definition) is 1. The second-order valence-corrected chi connectivity index (χ2v) is 4.36. The van der Waals surface area contributed by atoms with Crippen LogP contribution in [-0.2, 0) is 6.61 Å². The first-order valence-corrected chi connectivity index (χ1v) is 5.68. The number of hydrogen-bond acceptors (Lipinski definition) is 5. The number of aliphatic hydroxyl groups is 1. The molecule has 0 saturated heterocycles. The summed E-state index contributed by atoms with van der Waals surface area (Å²) in [4.78, 5) is 8.44. The van der Waals surface area contributed by atoms with Gasteiger partial charge in [-0.05, 0) is 37.2 Å². The van der Waals surface area contributed by atoms with Gasteiger partial charge in [-0.1, -0.05) is 6.07 Å². The number of aromatic nitrogens is 2. The zero-order valence-corrected chi connectivity index (χ0v) is 9.91. The number of oxazole rings is 1. The molecule has 4 nitrogen and oxygen atoms in total. The van der Waals surface area contributed by atoms with Crippen LogP contribution in [0.3, 0.4) is 0 Å². The molecule has 0 aliphatic carbocycles. The molecule has 84 valence electrons. The monoisotopic (exact) mass is 236 g/mol. The van der Waals surface area contributed by atoms with Crippen LogP contribution in [0.5, 0.6) is 0 Å². The largest absolute Gasteiger partial charge is 0.436 e. The van der Waals surface area contributed by atoms with Crippen molar-refractivity contribution >= 4 is 11.8 Å². The maximum atomic E-state index is 8.88. The van der Waals surface area contributed by atoms with E-state index in [2.05, 4.69) is 9.97 Å². The lowest BCUT2D eigenvalue weighted by Crippen LogP contribution is -1.86. The Morgan fingerprint density at radius 2 is 2.19 bits per heavy atom. The summed E-state index contributed by atoms with van der Waals surface area (Å²) in [5, 5.41) is 10.3. The third-order valence-electron chi connectivity index (χ3n) is 2.18. The Bertz CT molecular complexity index is 460. The van der Waals surface area contributed by atoms with Gasteiger partial charge in [0.2, 0.25) is 0 Å². The van der Waals surface area contributed by atoms with E-state index in [4.69, 9.17) is 9.52 Å². The Balaban J connectivity index is 2.14. The summed E-state index contributed by atoms with van der Waals surface area (Å²) in [5.74, 6) is 0.828. The van der Waals surface area contributed by atoms with E-state index >= 15 is 0 Å². The highest BCUT2D eigenvalue weighted by Crippen LogP contribution is 2.26. The summed E-state index contributed by atoms with van der Waals surface area (Å²) in [6.07, 6.45) is 1.64. The van der Waals surface area contributed by atoms with Gasteiger partial charge in [-0.15, -0.1) is 0 Å². The van der Waals surface area contributed by atoms with Gasteiger partial charge in [-0.2, -0.15) is 0 Å². The molecule has 1 N–H and O–H groups in total. The van der Waals surface area contributed by atoms with E-state index in [1.54, 1.807) is 6.20 Å². The van der Waals surface area contributed by atoms with E-state index in [0.29, 0.717) is 5.22 Å². The van der Waals surface area contributed by atoms with Crippen LogP contribution in [0.2, 0.25) is 0 Å². The van der Waals surface area contributed by atoms with E-state index in [-0.39, 0.29) is 6.61 Å². The molecule has 2 aromatic heterocycles. The summed E-state index contributed by atoms with van der Waals surface area (Å²) in [6.45, 7) is 3.80. The Hall–Kier alpha value is -1.33. The Labute approximate surface area is 97.7 Å². The van der Waals surface area contributed by atoms with Gasteiger partial charge in [0.1, 0.15) is 10.8 Å². The third-order valence-corrected chi connectivity index (χ3v) is 2.98. The predicted molar refractivity (Wildman–Crippen MR) is 60.3 cm³/mol. The molecule has 16 heavy (non-hydrogen) atoms. The third kappa shape index (κ3) is 2.43. The van der Waals surface area contributed by atoms with Gasteiger partial charge >= 0.3 is 0 Å². The lowest BCUT2D eigenvalue weighted by atomic mass is 10.3. The van der Waals surface area contributed by atoms with E-state index in [0.717, 1.165) is 22.0 Å². The van der Waals surface area contributed by atoms with Crippen LogP contribution in [0.1, 0.15) is 17.0 Å². The zero-order valence-electron chi connectivity index (χ0n) is 9.10. The molecular weight excluding hydrogens is 224 g/mol. The minimum atomic E-state index is 0.00909. The molecule has 0 unspecified atom stereocenters. The molecule has 0 radical (unpaired) electrons. The molecule has 0 saturated carbocycles. The minimum Gasteiger partial charge on any atom is -0.436 e. The second-order valence-electron chi connectivity index (χ2n) is 3.39. The molecule has 2 aromatic rings. The van der Waals surface area contributed by atoms with E-state index < -0.39 is 0 Å². The van der Waals surface area contributed by atoms with Crippen molar-refractivity contribution in [1.29, 1.82) is 0 Å². The topological polar surface area (TPSA) is 59.2 Å². The fraction of sp³-hybridized carbons (Fsp3) is 0.273. The standard InChI is InChI=1S/C11H12N2O2S/c1-7-8(2)15-11(13-7)16-10-4-3-9(6-14)5-12-10/h3-5,14H,6H2,1-2H3. The van der Waals surface area contributed by atoms with Crippen molar-refractivity contribution in [2.75, 3.05) is 0 Å². The van der Waals surface area contributed by atoms with Crippen LogP contribution >= 0.6 is 11.8 Å². The van der Waals surface area contributed by atoms with Crippen LogP contribution in [0.4, 0.5) is 0 Å². The molecule has 0 spiro atoms. The number of aliphatic hydroxyl groups excluding tert-OH is 1. The summed E-state index contributed by atoms with van der Waals surface area (Å²) >= 11 is 1.37. The number of rotatable bonds is 3. The number of nitrogens with zero attached hydrogens (tertiary/aromatic N) is 2. The Kier molecular flexibility index (Phi) is 3.26. The Morgan fingerprint density at radius 3 is 2.69 bits per heavy atom. The van der Waals surface area contributed by atoms with Crippen molar-refractivity contribution in [3.05, 3.63) is 35.3 Å². The van der Waals surface area contributed by atoms with Crippen molar-refractivity contribution in [2.24, 2.45) is 0 Å². The summed E-state index contributed by atoms with van der Waals surface area (Å²) in [5.41, 5.74) is 1.69. The summed E-state index contributed by atoms with van der Waals surface area (Å²) in [6, 6.07) is 3.67. The molecular formula is C11H12N2O2S. The highest BCUT2D eigenvalue weighted by molar-refractivity contribution is 7.99. The van der Waals surface area contributed by atoms with Crippen LogP contribution in [0.15, 0.2) is 33.0 Å². The molecule has 2 heterocycles. The SMILES string of the molecule is Cc1nc(Sc2ccc(CO)cn2)oc1C. The van der Waals surface area contributed by atoms with Crippen LogP contribution in [0.25, 0.3) is 0 Å². The van der Waals surface area contributed by atoms with Crippen LogP contribution in [-0.4, -0.2) is 15.1 Å². The molecule has 0 atom stereocenters. The predicted octanol–water partition coefficient (Wildman–Crippen LogP) is 2.33. The molecule has 0 bridgehead atoms. The van der Waals surface area contributed by atoms with Crippen LogP contribution in [0, 0.1) is 13.8 Å². The molecule has 0 amide bonds. The highest BCUT2D eigenvalue weighted by Gasteiger charge is 2.07. The van der Waals surface area contributed by atoms with Gasteiger partial charge in [0.05, 0.1) is 12.3 Å². The average molecular weight is 236 g/mol. The molecule has 5 heteroatoms. The zero-order chi connectivity index (χ0) is 11.5. The first-order valence-electron chi connectivity index (χ1n) is 4.86. The van der Waals surface area contributed by atoms with Gasteiger partial charge in [0.25, 0.3) is 5.22 Å². The van der Waals surface area contributed by atoms with E-state index in [1.807, 2.05) is 26.0 Å². The second kappa shape index (κ2) is 4.67. The smallest absolute Gasteiger partial charge is 0.262 e. The number of pyridine rings is 1. The van der Waals surface area contributed by atoms with E-state index in [9.17, 15) is 0 Å². The van der Waals surface area contributed by atoms with Crippen molar-refractivity contribution in [2.45, 2.75) is 30.7 Å². The number of aryl methyl sites for hydroxylation is 2. The fourth-order valence-corrected chi connectivity index (χ4v) is 1.91. The Morgan fingerprint density at radius 1 is 1.38 bits per heavy atom. The normalized spacial score (nSPS) is 10.7. The van der Waals surface area contributed by atoms with E-state index in [1.165, 1.54) is 11.8 Å². The quantitative estimate of drug-likeness (QED) is 0.886. The van der Waals surface area contributed by atoms with Crippen molar-refractivity contribution in [3.63, 3.8) is 0 Å². The van der Waals surface area contributed by atoms with Crippen molar-refractivity contribution in [1.82, 2.24) is 9.97 Å². The van der Waals surface area contributed by atoms with Crippen molar-refractivity contribution in [3.8, 4) is 0 Å². The van der Waals surface area contributed by atoms with Gasteiger partial charge in [0, 0.05) is 6.20 Å². The van der Waals surface area contributed by atoms with Gasteiger partial charge in [-0.3, -0.25) is 0 Å². The lowest BCUT2D eigenvalue weighted by molar-refractivity contribution is 0.281. The molecule has 2 rings (SSSR count). The first kappa shape index (κ1) is 11.2. The van der Waals surface area contributed by atoms with Gasteiger partial charge in [-0.25, -0.2) is 9.97 Å². The maximum absolute atomic E-state index is 8.88.